The van der Waals surface area contributed by atoms with Crippen LogP contribution in [-0.4, -0.2) is 19.9 Å². The van der Waals surface area contributed by atoms with Gasteiger partial charge >= 0.3 is 0 Å². The minimum absolute atomic E-state index is 0.337. The molecule has 2 aromatic carbocycles. The summed E-state index contributed by atoms with van der Waals surface area (Å²) >= 11 is 5.98. The van der Waals surface area contributed by atoms with Crippen molar-refractivity contribution in [2.45, 2.75) is 25.0 Å². The topological polar surface area (TPSA) is 50.9 Å². The number of benzene rings is 2. The molecule has 1 unspecified atom stereocenters. The Hall–Kier alpha value is -2.43. The van der Waals surface area contributed by atoms with Gasteiger partial charge in [0.2, 0.25) is 0 Å². The van der Waals surface area contributed by atoms with Gasteiger partial charge in [-0.1, -0.05) is 54.1 Å². The quantitative estimate of drug-likeness (QED) is 0.779. The molecule has 1 aromatic heterocycles. The molecule has 1 N–H and O–H groups in total. The number of aromatic nitrogens is 3. The van der Waals surface area contributed by atoms with E-state index in [1.54, 1.807) is 11.0 Å². The summed E-state index contributed by atoms with van der Waals surface area (Å²) in [5, 5.41) is 16.6. The molecule has 0 saturated carbocycles. The summed E-state index contributed by atoms with van der Waals surface area (Å²) in [5.74, 6) is 0. The number of aliphatic hydroxyl groups is 1. The van der Waals surface area contributed by atoms with Crippen molar-refractivity contribution in [3.05, 3.63) is 88.5 Å². The van der Waals surface area contributed by atoms with E-state index in [1.807, 2.05) is 42.5 Å². The van der Waals surface area contributed by atoms with Crippen LogP contribution in [0.15, 0.2) is 66.8 Å². The van der Waals surface area contributed by atoms with Gasteiger partial charge < -0.3 is 5.11 Å². The number of nitrogens with zero attached hydrogens (tertiary/aromatic N) is 3. The Bertz CT molecular complexity index is 903. The van der Waals surface area contributed by atoms with E-state index in [4.69, 9.17) is 11.6 Å². The molecule has 126 valence electrons. The molecule has 0 saturated heterocycles. The maximum absolute atomic E-state index is 11.7. The average molecular weight is 352 g/mol. The predicted octanol–water partition coefficient (Wildman–Crippen LogP) is 3.85. The summed E-state index contributed by atoms with van der Waals surface area (Å²) in [5.41, 5.74) is 3.01. The van der Waals surface area contributed by atoms with Crippen LogP contribution < -0.4 is 0 Å². The van der Waals surface area contributed by atoms with Gasteiger partial charge in [0.15, 0.2) is 0 Å². The first-order valence-corrected chi connectivity index (χ1v) is 8.63. The van der Waals surface area contributed by atoms with Crippen LogP contribution in [0.3, 0.4) is 0 Å². The molecule has 0 spiro atoms. The first kappa shape index (κ1) is 16.1. The van der Waals surface area contributed by atoms with E-state index in [1.165, 1.54) is 11.9 Å². The second kappa shape index (κ2) is 6.47. The fourth-order valence-corrected chi connectivity index (χ4v) is 3.60. The van der Waals surface area contributed by atoms with Gasteiger partial charge in [-0.2, -0.15) is 5.10 Å². The second-order valence-corrected chi connectivity index (χ2v) is 6.77. The van der Waals surface area contributed by atoms with Crippen molar-refractivity contribution in [3.8, 4) is 0 Å². The maximum Gasteiger partial charge on any atom is 0.137 e. The first-order chi connectivity index (χ1) is 12.1. The van der Waals surface area contributed by atoms with E-state index in [9.17, 15) is 5.11 Å². The van der Waals surface area contributed by atoms with Crippen molar-refractivity contribution in [2.24, 2.45) is 0 Å². The van der Waals surface area contributed by atoms with Gasteiger partial charge in [0.05, 0.1) is 6.54 Å². The van der Waals surface area contributed by atoms with Crippen LogP contribution >= 0.6 is 11.6 Å². The highest BCUT2D eigenvalue weighted by Crippen LogP contribution is 2.41. The van der Waals surface area contributed by atoms with Crippen LogP contribution in [0.4, 0.5) is 0 Å². The highest BCUT2D eigenvalue weighted by atomic mass is 35.5. The summed E-state index contributed by atoms with van der Waals surface area (Å²) in [4.78, 5) is 4.00. The molecule has 4 nitrogen and oxygen atoms in total. The number of halogens is 1. The Morgan fingerprint density at radius 3 is 2.68 bits per heavy atom. The lowest BCUT2D eigenvalue weighted by Crippen LogP contribution is -2.37. The number of rotatable bonds is 3. The fourth-order valence-electron chi connectivity index (χ4n) is 3.48. The Balaban J connectivity index is 1.81. The van der Waals surface area contributed by atoms with Crippen LogP contribution in [0.5, 0.6) is 0 Å². The monoisotopic (exact) mass is 351 g/mol. The Morgan fingerprint density at radius 1 is 1.12 bits per heavy atom. The molecule has 0 amide bonds. The molecule has 5 heteroatoms. The summed E-state index contributed by atoms with van der Waals surface area (Å²) in [6, 6.07) is 15.7. The molecule has 25 heavy (non-hydrogen) atoms. The molecule has 1 aliphatic rings. The second-order valence-electron chi connectivity index (χ2n) is 6.33. The van der Waals surface area contributed by atoms with Crippen molar-refractivity contribution in [1.29, 1.82) is 0 Å². The Morgan fingerprint density at radius 2 is 1.92 bits per heavy atom. The zero-order chi connectivity index (χ0) is 17.3. The van der Waals surface area contributed by atoms with E-state index in [-0.39, 0.29) is 0 Å². The summed E-state index contributed by atoms with van der Waals surface area (Å²) in [7, 11) is 0. The van der Waals surface area contributed by atoms with Crippen LogP contribution in [-0.2, 0) is 18.6 Å². The molecule has 0 bridgehead atoms. The number of hydrogen-bond acceptors (Lipinski definition) is 3. The van der Waals surface area contributed by atoms with Crippen molar-refractivity contribution in [1.82, 2.24) is 14.8 Å². The molecule has 1 aliphatic carbocycles. The summed E-state index contributed by atoms with van der Waals surface area (Å²) < 4.78 is 1.68. The van der Waals surface area contributed by atoms with Crippen LogP contribution in [0.1, 0.15) is 23.1 Å². The molecular formula is C20H18ClN3O. The molecule has 1 atom stereocenters. The van der Waals surface area contributed by atoms with Gasteiger partial charge in [0.1, 0.15) is 18.3 Å². The highest BCUT2D eigenvalue weighted by Gasteiger charge is 2.39. The molecular weight excluding hydrogens is 334 g/mol. The average Bonchev–Trinajstić information content (AvgIpc) is 3.12. The smallest absolute Gasteiger partial charge is 0.137 e. The minimum atomic E-state index is -1.11. The normalized spacial score (nSPS) is 21.3. The van der Waals surface area contributed by atoms with Crippen LogP contribution in [0.25, 0.3) is 6.08 Å². The predicted molar refractivity (Wildman–Crippen MR) is 98.1 cm³/mol. The molecule has 0 fully saturated rings. The minimum Gasteiger partial charge on any atom is -0.379 e. The van der Waals surface area contributed by atoms with Gasteiger partial charge in [-0.05, 0) is 47.2 Å². The largest absolute Gasteiger partial charge is 0.379 e. The maximum atomic E-state index is 11.7. The number of hydrogen-bond donors (Lipinski definition) is 1. The van der Waals surface area contributed by atoms with Gasteiger partial charge in [-0.25, -0.2) is 9.67 Å². The van der Waals surface area contributed by atoms with E-state index in [2.05, 4.69) is 22.2 Å². The van der Waals surface area contributed by atoms with Crippen LogP contribution in [0, 0.1) is 0 Å². The molecule has 0 aliphatic heterocycles. The third-order valence-electron chi connectivity index (χ3n) is 4.73. The lowest BCUT2D eigenvalue weighted by atomic mass is 9.74. The van der Waals surface area contributed by atoms with Gasteiger partial charge in [0.25, 0.3) is 0 Å². The lowest BCUT2D eigenvalue weighted by molar-refractivity contribution is 0.0456. The van der Waals surface area contributed by atoms with Gasteiger partial charge in [-0.3, -0.25) is 0 Å². The molecule has 1 heterocycles. The van der Waals surface area contributed by atoms with Crippen LogP contribution in [0.2, 0.25) is 5.02 Å². The SMILES string of the molecule is OC1(Cn2cncn2)C(=Cc2ccc(Cl)cc2)CCc2ccccc21. The van der Waals surface area contributed by atoms with Crippen molar-refractivity contribution >= 4 is 17.7 Å². The molecule has 0 radical (unpaired) electrons. The highest BCUT2D eigenvalue weighted by molar-refractivity contribution is 6.30. The molecule has 4 rings (SSSR count). The zero-order valence-electron chi connectivity index (χ0n) is 13.6. The Labute approximate surface area is 151 Å². The molecule has 3 aromatic rings. The standard InChI is InChI=1S/C20H18ClN3O/c21-18-9-5-15(6-10-18)11-17-8-7-16-3-1-2-4-19(16)20(17,25)12-24-14-22-13-23-24/h1-6,9-11,13-14,25H,7-8,12H2. The van der Waals surface area contributed by atoms with E-state index in [0.29, 0.717) is 11.6 Å². The third kappa shape index (κ3) is 3.11. The van der Waals surface area contributed by atoms with Crippen molar-refractivity contribution in [2.75, 3.05) is 0 Å². The fraction of sp³-hybridized carbons (Fsp3) is 0.200. The first-order valence-electron chi connectivity index (χ1n) is 8.25. The van der Waals surface area contributed by atoms with Gasteiger partial charge in [0, 0.05) is 5.02 Å². The summed E-state index contributed by atoms with van der Waals surface area (Å²) in [6.45, 7) is 0.337. The zero-order valence-corrected chi connectivity index (χ0v) is 14.4. The van der Waals surface area contributed by atoms with E-state index in [0.717, 1.165) is 29.5 Å². The van der Waals surface area contributed by atoms with E-state index < -0.39 is 5.60 Å². The summed E-state index contributed by atoms with van der Waals surface area (Å²) in [6.07, 6.45) is 6.89. The Kier molecular flexibility index (Phi) is 4.15. The van der Waals surface area contributed by atoms with Crippen molar-refractivity contribution < 1.29 is 5.11 Å². The lowest BCUT2D eigenvalue weighted by Gasteiger charge is -2.37. The number of fused-ring (bicyclic) bond motifs is 1. The van der Waals surface area contributed by atoms with Crippen molar-refractivity contribution in [3.63, 3.8) is 0 Å². The third-order valence-corrected chi connectivity index (χ3v) is 4.98. The number of aryl methyl sites for hydroxylation is 1. The van der Waals surface area contributed by atoms with Gasteiger partial charge in [-0.15, -0.1) is 0 Å². The van der Waals surface area contributed by atoms with E-state index >= 15 is 0 Å².